The molecule has 27 heavy (non-hydrogen) atoms. The van der Waals surface area contributed by atoms with Crippen LogP contribution in [-0.2, 0) is 11.4 Å². The zero-order valence-electron chi connectivity index (χ0n) is 14.8. The maximum atomic E-state index is 12.9. The molecule has 3 rings (SSSR count). The van der Waals surface area contributed by atoms with Gasteiger partial charge in [-0.25, -0.2) is 4.39 Å². The lowest BCUT2D eigenvalue weighted by Crippen LogP contribution is -2.22. The van der Waals surface area contributed by atoms with E-state index in [1.165, 1.54) is 24.3 Å². The highest BCUT2D eigenvalue weighted by Gasteiger charge is 2.18. The first-order valence-corrected chi connectivity index (χ1v) is 9.12. The van der Waals surface area contributed by atoms with Crippen LogP contribution in [0.5, 0.6) is 5.75 Å². The molecule has 2 aromatic carbocycles. The number of amides is 1. The number of benzene rings is 2. The molecule has 0 saturated carbocycles. The third-order valence-corrected chi connectivity index (χ3v) is 4.49. The standard InChI is InChI=1S/C19H18FN3O3S/c1-12-4-3-5-16(10-12)25-11-17-22-23-19(26-17)27-13(2)18(24)21-15-8-6-14(20)7-9-15/h3-10,13H,11H2,1-2H3,(H,21,24)/t13-/m0/s1. The summed E-state index contributed by atoms with van der Waals surface area (Å²) < 4.78 is 24.0. The van der Waals surface area contributed by atoms with Gasteiger partial charge in [0.25, 0.3) is 11.1 Å². The van der Waals surface area contributed by atoms with Crippen molar-refractivity contribution in [3.05, 3.63) is 65.8 Å². The van der Waals surface area contributed by atoms with Crippen molar-refractivity contribution in [2.75, 3.05) is 5.32 Å². The quantitative estimate of drug-likeness (QED) is 0.612. The van der Waals surface area contributed by atoms with Crippen LogP contribution in [0.4, 0.5) is 10.1 Å². The molecular weight excluding hydrogens is 369 g/mol. The van der Waals surface area contributed by atoms with Gasteiger partial charge in [0.1, 0.15) is 11.6 Å². The Hall–Kier alpha value is -2.87. The molecule has 1 N–H and O–H groups in total. The van der Waals surface area contributed by atoms with Crippen LogP contribution < -0.4 is 10.1 Å². The van der Waals surface area contributed by atoms with E-state index < -0.39 is 5.25 Å². The number of carbonyl (C=O) groups is 1. The van der Waals surface area contributed by atoms with Gasteiger partial charge < -0.3 is 14.5 Å². The summed E-state index contributed by atoms with van der Waals surface area (Å²) in [5.74, 6) is 0.434. The predicted octanol–water partition coefficient (Wildman–Crippen LogP) is 4.22. The molecule has 0 unspecified atom stereocenters. The van der Waals surface area contributed by atoms with Gasteiger partial charge in [-0.2, -0.15) is 0 Å². The van der Waals surface area contributed by atoms with E-state index in [-0.39, 0.29) is 23.6 Å². The zero-order valence-corrected chi connectivity index (χ0v) is 15.6. The second kappa shape index (κ2) is 8.68. The molecule has 8 heteroatoms. The Kier molecular flexibility index (Phi) is 6.08. The van der Waals surface area contributed by atoms with Crippen molar-refractivity contribution in [1.29, 1.82) is 0 Å². The van der Waals surface area contributed by atoms with Crippen LogP contribution in [0, 0.1) is 12.7 Å². The Balaban J connectivity index is 1.51. The Labute approximate surface area is 160 Å². The number of nitrogens with zero attached hydrogens (tertiary/aromatic N) is 2. The van der Waals surface area contributed by atoms with Gasteiger partial charge in [-0.3, -0.25) is 4.79 Å². The fraction of sp³-hybridized carbons (Fsp3) is 0.211. The topological polar surface area (TPSA) is 77.2 Å². The number of carbonyl (C=O) groups excluding carboxylic acids is 1. The van der Waals surface area contributed by atoms with Crippen LogP contribution >= 0.6 is 11.8 Å². The maximum absolute atomic E-state index is 12.9. The highest BCUT2D eigenvalue weighted by Crippen LogP contribution is 2.23. The minimum Gasteiger partial charge on any atom is -0.484 e. The van der Waals surface area contributed by atoms with Crippen LogP contribution in [-0.4, -0.2) is 21.4 Å². The SMILES string of the molecule is Cc1cccc(OCc2nnc(S[C@@H](C)C(=O)Nc3ccc(F)cc3)o2)c1. The zero-order chi connectivity index (χ0) is 19.2. The summed E-state index contributed by atoms with van der Waals surface area (Å²) in [6.45, 7) is 3.84. The normalized spacial score (nSPS) is 11.8. The molecule has 0 radical (unpaired) electrons. The van der Waals surface area contributed by atoms with Gasteiger partial charge in [0.2, 0.25) is 5.91 Å². The van der Waals surface area contributed by atoms with Gasteiger partial charge in [0.05, 0.1) is 5.25 Å². The lowest BCUT2D eigenvalue weighted by Gasteiger charge is -2.09. The van der Waals surface area contributed by atoms with Gasteiger partial charge in [0, 0.05) is 5.69 Å². The average molecular weight is 387 g/mol. The van der Waals surface area contributed by atoms with Gasteiger partial charge in [0.15, 0.2) is 6.61 Å². The third kappa shape index (κ3) is 5.55. The van der Waals surface area contributed by atoms with Crippen molar-refractivity contribution >= 4 is 23.4 Å². The number of halogens is 1. The van der Waals surface area contributed by atoms with Crippen LogP contribution in [0.2, 0.25) is 0 Å². The maximum Gasteiger partial charge on any atom is 0.277 e. The van der Waals surface area contributed by atoms with Crippen molar-refractivity contribution < 1.29 is 18.3 Å². The summed E-state index contributed by atoms with van der Waals surface area (Å²) in [6, 6.07) is 13.2. The summed E-state index contributed by atoms with van der Waals surface area (Å²) in [5, 5.41) is 10.4. The fourth-order valence-electron chi connectivity index (χ4n) is 2.18. The van der Waals surface area contributed by atoms with E-state index >= 15 is 0 Å². The number of hydrogen-bond donors (Lipinski definition) is 1. The summed E-state index contributed by atoms with van der Waals surface area (Å²) in [7, 11) is 0. The van der Waals surface area contributed by atoms with Crippen LogP contribution in [0.25, 0.3) is 0 Å². The van der Waals surface area contributed by atoms with E-state index in [2.05, 4.69) is 15.5 Å². The van der Waals surface area contributed by atoms with Gasteiger partial charge in [-0.15, -0.1) is 10.2 Å². The third-order valence-electron chi connectivity index (χ3n) is 3.56. The molecule has 0 bridgehead atoms. The first-order valence-electron chi connectivity index (χ1n) is 8.24. The van der Waals surface area contributed by atoms with E-state index in [0.29, 0.717) is 11.6 Å². The Bertz CT molecular complexity index is 915. The van der Waals surface area contributed by atoms with Crippen molar-refractivity contribution in [2.24, 2.45) is 0 Å². The van der Waals surface area contributed by atoms with Gasteiger partial charge >= 0.3 is 0 Å². The fourth-order valence-corrected chi connectivity index (χ4v) is 2.88. The minimum atomic E-state index is -0.471. The first kappa shape index (κ1) is 18.9. The molecule has 0 aliphatic carbocycles. The molecule has 6 nitrogen and oxygen atoms in total. The molecule has 3 aromatic rings. The van der Waals surface area contributed by atoms with Gasteiger partial charge in [-0.05, 0) is 55.8 Å². The highest BCUT2D eigenvalue weighted by atomic mass is 32.2. The van der Waals surface area contributed by atoms with Crippen molar-refractivity contribution in [3.8, 4) is 5.75 Å². The van der Waals surface area contributed by atoms with E-state index in [4.69, 9.17) is 9.15 Å². The highest BCUT2D eigenvalue weighted by molar-refractivity contribution is 8.00. The number of thioether (sulfide) groups is 1. The molecule has 0 aliphatic rings. The van der Waals surface area contributed by atoms with E-state index in [1.54, 1.807) is 6.92 Å². The molecule has 1 aromatic heterocycles. The summed E-state index contributed by atoms with van der Waals surface area (Å²) in [6.07, 6.45) is 0. The minimum absolute atomic E-state index is 0.146. The monoisotopic (exact) mass is 387 g/mol. The molecule has 1 amide bonds. The molecule has 1 atom stereocenters. The first-order chi connectivity index (χ1) is 13.0. The average Bonchev–Trinajstić information content (AvgIpc) is 3.09. The van der Waals surface area contributed by atoms with Gasteiger partial charge in [-0.1, -0.05) is 23.9 Å². The Morgan fingerprint density at radius 3 is 2.78 bits per heavy atom. The van der Waals surface area contributed by atoms with Crippen LogP contribution in [0.15, 0.2) is 58.2 Å². The number of aromatic nitrogens is 2. The number of anilines is 1. The van der Waals surface area contributed by atoms with E-state index in [9.17, 15) is 9.18 Å². The molecule has 0 fully saturated rings. The van der Waals surface area contributed by atoms with Crippen molar-refractivity contribution in [1.82, 2.24) is 10.2 Å². The van der Waals surface area contributed by atoms with Crippen molar-refractivity contribution in [2.45, 2.75) is 30.9 Å². The molecular formula is C19H18FN3O3S. The Morgan fingerprint density at radius 2 is 2.04 bits per heavy atom. The summed E-state index contributed by atoms with van der Waals surface area (Å²) in [4.78, 5) is 12.2. The summed E-state index contributed by atoms with van der Waals surface area (Å²) in [5.41, 5.74) is 1.61. The summed E-state index contributed by atoms with van der Waals surface area (Å²) >= 11 is 1.14. The second-order valence-corrected chi connectivity index (χ2v) is 7.12. The lowest BCUT2D eigenvalue weighted by atomic mass is 10.2. The van der Waals surface area contributed by atoms with Crippen LogP contribution in [0.1, 0.15) is 18.4 Å². The number of aryl methyl sites for hydroxylation is 1. The smallest absolute Gasteiger partial charge is 0.277 e. The number of rotatable bonds is 7. The Morgan fingerprint density at radius 1 is 1.26 bits per heavy atom. The molecule has 0 spiro atoms. The number of nitrogens with one attached hydrogen (secondary N) is 1. The molecule has 1 heterocycles. The molecule has 0 aliphatic heterocycles. The molecule has 0 saturated heterocycles. The second-order valence-electron chi connectivity index (χ2n) is 5.82. The van der Waals surface area contributed by atoms with Crippen LogP contribution in [0.3, 0.4) is 0 Å². The lowest BCUT2D eigenvalue weighted by molar-refractivity contribution is -0.115. The number of hydrogen-bond acceptors (Lipinski definition) is 6. The number of ether oxygens (including phenoxy) is 1. The largest absolute Gasteiger partial charge is 0.484 e. The predicted molar refractivity (Wildman–Crippen MR) is 100 cm³/mol. The van der Waals surface area contributed by atoms with E-state index in [1.807, 2.05) is 31.2 Å². The van der Waals surface area contributed by atoms with Crippen molar-refractivity contribution in [3.63, 3.8) is 0 Å². The molecule has 140 valence electrons. The van der Waals surface area contributed by atoms with E-state index in [0.717, 1.165) is 23.1 Å².